The normalized spacial score (nSPS) is 10.2. The van der Waals surface area contributed by atoms with Crippen molar-refractivity contribution in [3.8, 4) is 5.69 Å². The Hall–Kier alpha value is -1.90. The number of nitrogens with zero attached hydrogens (tertiary/aromatic N) is 2. The molecule has 1 heterocycles. The highest BCUT2D eigenvalue weighted by atomic mass is 16.1. The molecule has 0 N–H and O–H groups in total. The van der Waals surface area contributed by atoms with Gasteiger partial charge >= 0.3 is 0 Å². The van der Waals surface area contributed by atoms with Crippen molar-refractivity contribution < 1.29 is 4.79 Å². The summed E-state index contributed by atoms with van der Waals surface area (Å²) >= 11 is 0. The number of ketones is 1. The number of rotatable bonds is 3. The number of carbonyl (C=O) groups excluding carboxylic acids is 1. The molecule has 3 nitrogen and oxygen atoms in total. The summed E-state index contributed by atoms with van der Waals surface area (Å²) in [6, 6.07) is 9.72. The molecule has 1 aromatic heterocycles. The lowest BCUT2D eigenvalue weighted by atomic mass is 10.1. The molecule has 0 fully saturated rings. The summed E-state index contributed by atoms with van der Waals surface area (Å²) in [4.78, 5) is 10.9. The SMILES string of the molecule is CC(=O)Cc1ccc(-n2cccn2)cc1. The van der Waals surface area contributed by atoms with Gasteiger partial charge in [0.05, 0.1) is 5.69 Å². The molecule has 2 rings (SSSR count). The quantitative estimate of drug-likeness (QED) is 0.759. The van der Waals surface area contributed by atoms with Gasteiger partial charge in [-0.25, -0.2) is 4.68 Å². The van der Waals surface area contributed by atoms with Gasteiger partial charge in [0.1, 0.15) is 5.78 Å². The van der Waals surface area contributed by atoms with Gasteiger partial charge in [0.15, 0.2) is 0 Å². The highest BCUT2D eigenvalue weighted by Crippen LogP contribution is 2.09. The van der Waals surface area contributed by atoms with E-state index in [1.807, 2.05) is 36.5 Å². The van der Waals surface area contributed by atoms with Crippen molar-refractivity contribution >= 4 is 5.78 Å². The summed E-state index contributed by atoms with van der Waals surface area (Å²) in [6.07, 6.45) is 4.13. The number of aromatic nitrogens is 2. The maximum Gasteiger partial charge on any atom is 0.134 e. The van der Waals surface area contributed by atoms with Crippen LogP contribution >= 0.6 is 0 Å². The van der Waals surface area contributed by atoms with Gasteiger partial charge in [-0.2, -0.15) is 5.10 Å². The highest BCUT2D eigenvalue weighted by Gasteiger charge is 1.99. The third-order valence-corrected chi connectivity index (χ3v) is 2.16. The van der Waals surface area contributed by atoms with Crippen molar-refractivity contribution in [3.63, 3.8) is 0 Å². The molecule has 0 radical (unpaired) electrons. The van der Waals surface area contributed by atoms with Crippen LogP contribution in [0.2, 0.25) is 0 Å². The fraction of sp³-hybridized carbons (Fsp3) is 0.167. The molecule has 0 aliphatic carbocycles. The van der Waals surface area contributed by atoms with Crippen molar-refractivity contribution in [3.05, 3.63) is 48.3 Å². The molecular weight excluding hydrogens is 188 g/mol. The number of hydrogen-bond acceptors (Lipinski definition) is 2. The summed E-state index contributed by atoms with van der Waals surface area (Å²) in [5.74, 6) is 0.182. The van der Waals surface area contributed by atoms with Crippen molar-refractivity contribution in [2.24, 2.45) is 0 Å². The monoisotopic (exact) mass is 200 g/mol. The van der Waals surface area contributed by atoms with E-state index in [-0.39, 0.29) is 5.78 Å². The van der Waals surface area contributed by atoms with E-state index >= 15 is 0 Å². The summed E-state index contributed by atoms with van der Waals surface area (Å²) in [5.41, 5.74) is 2.05. The topological polar surface area (TPSA) is 34.9 Å². The van der Waals surface area contributed by atoms with Gasteiger partial charge in [-0.3, -0.25) is 4.79 Å². The molecule has 0 spiro atoms. The molecule has 15 heavy (non-hydrogen) atoms. The van der Waals surface area contributed by atoms with Crippen LogP contribution in [-0.4, -0.2) is 15.6 Å². The predicted molar refractivity (Wildman–Crippen MR) is 57.9 cm³/mol. The maximum absolute atomic E-state index is 10.9. The lowest BCUT2D eigenvalue weighted by Gasteiger charge is -2.02. The van der Waals surface area contributed by atoms with E-state index < -0.39 is 0 Å². The minimum atomic E-state index is 0.182. The molecule has 0 saturated carbocycles. The van der Waals surface area contributed by atoms with Crippen LogP contribution in [0.1, 0.15) is 12.5 Å². The average Bonchev–Trinajstić information content (AvgIpc) is 2.71. The Bertz CT molecular complexity index is 443. The first-order chi connectivity index (χ1) is 7.25. The smallest absolute Gasteiger partial charge is 0.134 e. The van der Waals surface area contributed by atoms with Crippen molar-refractivity contribution in [2.75, 3.05) is 0 Å². The Morgan fingerprint density at radius 3 is 2.60 bits per heavy atom. The Balaban J connectivity index is 2.21. The molecule has 1 aromatic carbocycles. The van der Waals surface area contributed by atoms with Gasteiger partial charge in [0, 0.05) is 18.8 Å². The second-order valence-corrected chi connectivity index (χ2v) is 3.50. The van der Waals surface area contributed by atoms with Crippen LogP contribution in [0.15, 0.2) is 42.7 Å². The second kappa shape index (κ2) is 4.09. The number of benzene rings is 1. The first-order valence-electron chi connectivity index (χ1n) is 4.84. The third kappa shape index (κ3) is 2.31. The summed E-state index contributed by atoms with van der Waals surface area (Å²) in [6.45, 7) is 1.60. The van der Waals surface area contributed by atoms with Crippen molar-refractivity contribution in [1.82, 2.24) is 9.78 Å². The van der Waals surface area contributed by atoms with Crippen LogP contribution in [0.3, 0.4) is 0 Å². The van der Waals surface area contributed by atoms with Crippen molar-refractivity contribution in [2.45, 2.75) is 13.3 Å². The summed E-state index contributed by atoms with van der Waals surface area (Å²) < 4.78 is 1.79. The van der Waals surface area contributed by atoms with Gasteiger partial charge in [-0.05, 0) is 30.7 Å². The Morgan fingerprint density at radius 2 is 2.07 bits per heavy atom. The number of Topliss-reactive ketones (excluding diaryl/α,β-unsaturated/α-hetero) is 1. The number of hydrogen-bond donors (Lipinski definition) is 0. The third-order valence-electron chi connectivity index (χ3n) is 2.16. The Morgan fingerprint density at radius 1 is 1.33 bits per heavy atom. The lowest BCUT2D eigenvalue weighted by Crippen LogP contribution is -1.98. The molecule has 76 valence electrons. The van der Waals surface area contributed by atoms with Gasteiger partial charge in [-0.15, -0.1) is 0 Å². The van der Waals surface area contributed by atoms with Gasteiger partial charge < -0.3 is 0 Å². The molecule has 2 aromatic rings. The van der Waals surface area contributed by atoms with Crippen LogP contribution in [0.5, 0.6) is 0 Å². The zero-order chi connectivity index (χ0) is 10.7. The van der Waals surface area contributed by atoms with Gasteiger partial charge in [0.25, 0.3) is 0 Å². The van der Waals surface area contributed by atoms with Crippen LogP contribution in [0.25, 0.3) is 5.69 Å². The molecule has 0 unspecified atom stereocenters. The maximum atomic E-state index is 10.9. The van der Waals surface area contributed by atoms with E-state index in [0.717, 1.165) is 11.3 Å². The summed E-state index contributed by atoms with van der Waals surface area (Å²) in [5, 5.41) is 4.13. The molecule has 3 heteroatoms. The summed E-state index contributed by atoms with van der Waals surface area (Å²) in [7, 11) is 0. The molecule has 0 atom stereocenters. The van der Waals surface area contributed by atoms with E-state index in [1.54, 1.807) is 17.8 Å². The Kier molecular flexibility index (Phi) is 2.63. The van der Waals surface area contributed by atoms with Crippen LogP contribution in [0, 0.1) is 0 Å². The fourth-order valence-electron chi connectivity index (χ4n) is 1.48. The van der Waals surface area contributed by atoms with Gasteiger partial charge in [0.2, 0.25) is 0 Å². The molecule has 0 bridgehead atoms. The first kappa shape index (κ1) is 9.65. The molecular formula is C12H12N2O. The van der Waals surface area contributed by atoms with E-state index in [9.17, 15) is 4.79 Å². The zero-order valence-corrected chi connectivity index (χ0v) is 8.55. The van der Waals surface area contributed by atoms with Crippen LogP contribution in [-0.2, 0) is 11.2 Å². The number of carbonyl (C=O) groups is 1. The molecule has 0 amide bonds. The van der Waals surface area contributed by atoms with E-state index in [1.165, 1.54) is 0 Å². The van der Waals surface area contributed by atoms with Crippen molar-refractivity contribution in [1.29, 1.82) is 0 Å². The second-order valence-electron chi connectivity index (χ2n) is 3.50. The van der Waals surface area contributed by atoms with Gasteiger partial charge in [-0.1, -0.05) is 12.1 Å². The standard InChI is InChI=1S/C12H12N2O/c1-10(15)9-11-3-5-12(6-4-11)14-8-2-7-13-14/h2-8H,9H2,1H3. The van der Waals surface area contributed by atoms with Crippen LogP contribution < -0.4 is 0 Å². The largest absolute Gasteiger partial charge is 0.300 e. The Labute approximate surface area is 88.4 Å². The van der Waals surface area contributed by atoms with E-state index in [4.69, 9.17) is 0 Å². The fourth-order valence-corrected chi connectivity index (χ4v) is 1.48. The molecule has 0 aliphatic rings. The zero-order valence-electron chi connectivity index (χ0n) is 8.55. The minimum absolute atomic E-state index is 0.182. The highest BCUT2D eigenvalue weighted by molar-refractivity contribution is 5.78. The predicted octanol–water partition coefficient (Wildman–Crippen LogP) is 2.00. The van der Waals surface area contributed by atoms with E-state index in [2.05, 4.69) is 5.10 Å². The average molecular weight is 200 g/mol. The first-order valence-corrected chi connectivity index (χ1v) is 4.84. The minimum Gasteiger partial charge on any atom is -0.300 e. The van der Waals surface area contributed by atoms with E-state index in [0.29, 0.717) is 6.42 Å². The molecule has 0 saturated heterocycles. The van der Waals surface area contributed by atoms with Crippen LogP contribution in [0.4, 0.5) is 0 Å². The molecule has 0 aliphatic heterocycles. The lowest BCUT2D eigenvalue weighted by molar-refractivity contribution is -0.116.